The van der Waals surface area contributed by atoms with Crippen LogP contribution in [0, 0.1) is 0 Å². The Hall–Kier alpha value is -1.82. The van der Waals surface area contributed by atoms with Gasteiger partial charge < -0.3 is 0 Å². The van der Waals surface area contributed by atoms with Gasteiger partial charge in [0.05, 0.1) is 0 Å². The van der Waals surface area contributed by atoms with Gasteiger partial charge in [0.25, 0.3) is 0 Å². The van der Waals surface area contributed by atoms with Gasteiger partial charge in [-0.15, -0.1) is 0 Å². The van der Waals surface area contributed by atoms with Crippen molar-refractivity contribution < 1.29 is 0 Å². The summed E-state index contributed by atoms with van der Waals surface area (Å²) in [5.74, 6) is 0. The van der Waals surface area contributed by atoms with Gasteiger partial charge in [-0.2, -0.15) is 0 Å². The van der Waals surface area contributed by atoms with Crippen molar-refractivity contribution in [3.63, 3.8) is 0 Å². The van der Waals surface area contributed by atoms with Crippen LogP contribution in [0.15, 0.2) is 48.5 Å². The van der Waals surface area contributed by atoms with E-state index in [2.05, 4.69) is 62.4 Å². The molecule has 0 bridgehead atoms. The van der Waals surface area contributed by atoms with Crippen LogP contribution in [0.25, 0.3) is 21.5 Å². The van der Waals surface area contributed by atoms with E-state index in [0.717, 1.165) is 0 Å². The first-order valence-corrected chi connectivity index (χ1v) is 7.67. The first kappa shape index (κ1) is 12.0. The molecule has 4 rings (SSSR count). The summed E-state index contributed by atoms with van der Waals surface area (Å²) in [5, 5.41) is 5.62. The summed E-state index contributed by atoms with van der Waals surface area (Å²) >= 11 is 0. The zero-order valence-electron chi connectivity index (χ0n) is 12.2. The lowest BCUT2D eigenvalue weighted by Gasteiger charge is -2.23. The Morgan fingerprint density at radius 2 is 1.70 bits per heavy atom. The number of fused-ring (bicyclic) bond motifs is 5. The Morgan fingerprint density at radius 1 is 0.900 bits per heavy atom. The van der Waals surface area contributed by atoms with Crippen LogP contribution in [0.5, 0.6) is 0 Å². The molecule has 0 nitrogen and oxygen atoms in total. The van der Waals surface area contributed by atoms with Crippen LogP contribution in [0.4, 0.5) is 0 Å². The lowest BCUT2D eigenvalue weighted by Crippen LogP contribution is -2.16. The zero-order valence-corrected chi connectivity index (χ0v) is 12.2. The van der Waals surface area contributed by atoms with Gasteiger partial charge in [0.2, 0.25) is 0 Å². The van der Waals surface area contributed by atoms with Crippen molar-refractivity contribution in [2.45, 2.75) is 38.5 Å². The van der Waals surface area contributed by atoms with E-state index in [0.29, 0.717) is 5.41 Å². The lowest BCUT2D eigenvalue weighted by molar-refractivity contribution is 0.453. The van der Waals surface area contributed by atoms with Gasteiger partial charge in [-0.1, -0.05) is 62.4 Å². The summed E-state index contributed by atoms with van der Waals surface area (Å²) < 4.78 is 0. The highest BCUT2D eigenvalue weighted by atomic mass is 14.4. The van der Waals surface area contributed by atoms with E-state index < -0.39 is 0 Å². The fourth-order valence-electron chi connectivity index (χ4n) is 3.89. The summed E-state index contributed by atoms with van der Waals surface area (Å²) in [7, 11) is 0. The second kappa shape index (κ2) is 4.09. The molecule has 1 aliphatic rings. The van der Waals surface area contributed by atoms with Gasteiger partial charge in [0.15, 0.2) is 0 Å². The normalized spacial score (nSPS) is 21.5. The van der Waals surface area contributed by atoms with Crippen molar-refractivity contribution in [3.05, 3.63) is 59.7 Å². The molecule has 0 amide bonds. The Morgan fingerprint density at radius 3 is 2.55 bits per heavy atom. The molecule has 0 saturated carbocycles. The monoisotopic (exact) mass is 260 g/mol. The zero-order chi connectivity index (χ0) is 13.7. The second-order valence-corrected chi connectivity index (χ2v) is 6.39. The minimum absolute atomic E-state index is 0.384. The number of benzene rings is 3. The predicted molar refractivity (Wildman–Crippen MR) is 87.4 cm³/mol. The minimum atomic E-state index is 0.384. The number of hydrogen-bond acceptors (Lipinski definition) is 0. The maximum atomic E-state index is 2.42. The third kappa shape index (κ3) is 1.48. The van der Waals surface area contributed by atoms with E-state index in [9.17, 15) is 0 Å². The van der Waals surface area contributed by atoms with Gasteiger partial charge in [0.1, 0.15) is 0 Å². The van der Waals surface area contributed by atoms with E-state index in [4.69, 9.17) is 0 Å². The second-order valence-electron chi connectivity index (χ2n) is 6.39. The Bertz CT molecular complexity index is 813. The Labute approximate surface area is 120 Å². The van der Waals surface area contributed by atoms with Gasteiger partial charge in [-0.05, 0) is 57.3 Å². The smallest absolute Gasteiger partial charge is 0.00718 e. The van der Waals surface area contributed by atoms with Crippen molar-refractivity contribution >= 4 is 21.5 Å². The minimum Gasteiger partial charge on any atom is -0.0645 e. The molecule has 0 N–H and O–H groups in total. The molecule has 0 aromatic heterocycles. The van der Waals surface area contributed by atoms with Crippen molar-refractivity contribution in [2.24, 2.45) is 0 Å². The van der Waals surface area contributed by atoms with Crippen molar-refractivity contribution in [2.75, 3.05) is 0 Å². The molecule has 20 heavy (non-hydrogen) atoms. The van der Waals surface area contributed by atoms with Gasteiger partial charge in [0, 0.05) is 0 Å². The van der Waals surface area contributed by atoms with Crippen LogP contribution in [-0.4, -0.2) is 0 Å². The molecule has 0 saturated heterocycles. The van der Waals surface area contributed by atoms with Crippen LogP contribution in [0.2, 0.25) is 0 Å². The molecule has 3 aromatic rings. The van der Waals surface area contributed by atoms with Gasteiger partial charge in [-0.3, -0.25) is 0 Å². The molecule has 1 aliphatic carbocycles. The summed E-state index contributed by atoms with van der Waals surface area (Å²) in [6, 6.07) is 18.1. The van der Waals surface area contributed by atoms with Crippen LogP contribution in [0.1, 0.15) is 37.8 Å². The fourth-order valence-corrected chi connectivity index (χ4v) is 3.89. The molecule has 1 atom stereocenters. The van der Waals surface area contributed by atoms with Crippen LogP contribution < -0.4 is 0 Å². The quantitative estimate of drug-likeness (QED) is 0.499. The standard InChI is InChI=1S/C20H20/c1-3-20(2)13-12-18-17-9-8-14-6-4-5-7-15(14)16(17)10-11-19(18)20/h4-11H,3,12-13H2,1-2H3/t20-/m0/s1. The fraction of sp³-hybridized carbons (Fsp3) is 0.300. The average Bonchev–Trinajstić information content (AvgIpc) is 2.85. The first-order valence-electron chi connectivity index (χ1n) is 7.67. The van der Waals surface area contributed by atoms with Crippen LogP contribution >= 0.6 is 0 Å². The van der Waals surface area contributed by atoms with Gasteiger partial charge in [-0.25, -0.2) is 0 Å². The SMILES string of the molecule is CC[C@@]1(C)CCc2c1ccc1c2ccc2ccccc21. The summed E-state index contributed by atoms with van der Waals surface area (Å²) in [6.07, 6.45) is 3.76. The molecule has 0 aliphatic heterocycles. The predicted octanol–water partition coefficient (Wildman–Crippen LogP) is 5.61. The Kier molecular flexibility index (Phi) is 2.44. The molecular weight excluding hydrogens is 240 g/mol. The maximum absolute atomic E-state index is 2.42. The highest BCUT2D eigenvalue weighted by Crippen LogP contribution is 2.44. The van der Waals surface area contributed by atoms with Crippen molar-refractivity contribution in [3.8, 4) is 0 Å². The third-order valence-electron chi connectivity index (χ3n) is 5.39. The van der Waals surface area contributed by atoms with E-state index in [1.165, 1.54) is 40.8 Å². The topological polar surface area (TPSA) is 0 Å². The maximum Gasteiger partial charge on any atom is -0.00718 e. The number of aryl methyl sites for hydroxylation is 1. The highest BCUT2D eigenvalue weighted by Gasteiger charge is 2.33. The molecule has 0 heterocycles. The molecule has 0 radical (unpaired) electrons. The van der Waals surface area contributed by atoms with E-state index >= 15 is 0 Å². The molecule has 0 heteroatoms. The summed E-state index contributed by atoms with van der Waals surface area (Å²) in [5.41, 5.74) is 3.57. The van der Waals surface area contributed by atoms with E-state index in [1.807, 2.05) is 0 Å². The molecular formula is C20H20. The molecule has 100 valence electrons. The summed E-state index contributed by atoms with van der Waals surface area (Å²) in [4.78, 5) is 0. The van der Waals surface area contributed by atoms with Crippen LogP contribution in [0.3, 0.4) is 0 Å². The molecule has 0 fully saturated rings. The summed E-state index contributed by atoms with van der Waals surface area (Å²) in [6.45, 7) is 4.74. The van der Waals surface area contributed by atoms with Crippen molar-refractivity contribution in [1.29, 1.82) is 0 Å². The van der Waals surface area contributed by atoms with E-state index in [-0.39, 0.29) is 0 Å². The largest absolute Gasteiger partial charge is 0.0645 e. The molecule has 0 unspecified atom stereocenters. The highest BCUT2D eigenvalue weighted by molar-refractivity contribution is 6.08. The first-order chi connectivity index (χ1) is 9.73. The van der Waals surface area contributed by atoms with Crippen LogP contribution in [-0.2, 0) is 11.8 Å². The number of rotatable bonds is 1. The third-order valence-corrected chi connectivity index (χ3v) is 5.39. The average molecular weight is 260 g/mol. The Balaban J connectivity index is 2.09. The lowest BCUT2D eigenvalue weighted by atomic mass is 9.81. The number of hydrogen-bond donors (Lipinski definition) is 0. The molecule has 0 spiro atoms. The van der Waals surface area contributed by atoms with Gasteiger partial charge >= 0.3 is 0 Å². The van der Waals surface area contributed by atoms with Crippen molar-refractivity contribution in [1.82, 2.24) is 0 Å². The molecule has 3 aromatic carbocycles. The van der Waals surface area contributed by atoms with E-state index in [1.54, 1.807) is 11.1 Å².